The second-order valence-electron chi connectivity index (χ2n) is 7.45. The number of ether oxygens (including phenoxy) is 2. The third-order valence-corrected chi connectivity index (χ3v) is 6.49. The molecule has 3 N–H and O–H groups in total. The first-order valence-electron chi connectivity index (χ1n) is 10.7. The van der Waals surface area contributed by atoms with Crippen molar-refractivity contribution in [3.63, 3.8) is 0 Å². The maximum absolute atomic E-state index is 12.4. The molecule has 0 saturated heterocycles. The second-order valence-corrected chi connectivity index (χ2v) is 9.24. The molecule has 0 heterocycles. The number of unbranched alkanes of at least 4 members (excludes halogenated alkanes) is 2. The smallest absolute Gasteiger partial charge is 0.387 e. The van der Waals surface area contributed by atoms with Gasteiger partial charge < -0.3 is 9.47 Å². The minimum atomic E-state index is -4.23. The van der Waals surface area contributed by atoms with Gasteiger partial charge in [-0.05, 0) is 28.9 Å². The Bertz CT molecular complexity index is 515. The van der Waals surface area contributed by atoms with Gasteiger partial charge in [0.2, 0.25) is 0 Å². The molecule has 172 valence electrons. The number of carbonyl (C=O) groups is 2. The van der Waals surface area contributed by atoms with Crippen LogP contribution in [0.5, 0.6) is 0 Å². The molecule has 9 heteroatoms. The lowest BCUT2D eigenvalue weighted by Crippen LogP contribution is -2.41. The molecule has 0 aliphatic heterocycles. The van der Waals surface area contributed by atoms with Gasteiger partial charge in [-0.25, -0.2) is 4.79 Å². The topological polar surface area (TPSA) is 125 Å². The quantitative estimate of drug-likeness (QED) is 0.198. The molecule has 0 aliphatic rings. The van der Waals surface area contributed by atoms with Crippen LogP contribution in [0, 0.1) is 11.8 Å². The average molecular weight is 439 g/mol. The Balaban J connectivity index is 4.86. The Kier molecular flexibility index (Phi) is 15.2. The van der Waals surface area contributed by atoms with Gasteiger partial charge in [-0.15, -0.1) is 0 Å². The van der Waals surface area contributed by atoms with E-state index < -0.39 is 34.1 Å². The molecule has 0 aromatic rings. The van der Waals surface area contributed by atoms with E-state index in [0.29, 0.717) is 0 Å². The summed E-state index contributed by atoms with van der Waals surface area (Å²) in [4.78, 5) is 24.6. The van der Waals surface area contributed by atoms with Crippen LogP contribution in [0.4, 0.5) is 0 Å². The van der Waals surface area contributed by atoms with Crippen molar-refractivity contribution in [2.45, 2.75) is 90.7 Å². The minimum absolute atomic E-state index is 0.121. The molecule has 29 heavy (non-hydrogen) atoms. The summed E-state index contributed by atoms with van der Waals surface area (Å²) < 4.78 is 36.6. The molecule has 0 spiro atoms. The first kappa shape index (κ1) is 28.0. The van der Waals surface area contributed by atoms with Crippen LogP contribution < -0.4 is 5.90 Å². The summed E-state index contributed by atoms with van der Waals surface area (Å²) in [5, 5.41) is -1.72. The van der Waals surface area contributed by atoms with Crippen molar-refractivity contribution in [1.29, 1.82) is 0 Å². The summed E-state index contributed by atoms with van der Waals surface area (Å²) in [5.74, 6) is 3.53. The maximum atomic E-state index is 12.4. The van der Waals surface area contributed by atoms with Crippen molar-refractivity contribution in [3.05, 3.63) is 0 Å². The zero-order chi connectivity index (χ0) is 22.3. The number of esters is 2. The highest BCUT2D eigenvalue weighted by atomic mass is 32.3. The summed E-state index contributed by atoms with van der Waals surface area (Å²) in [7, 11) is -4.23. The zero-order valence-electron chi connectivity index (χ0n) is 18.4. The molecule has 0 fully saturated rings. The molecule has 4 unspecified atom stereocenters. The highest BCUT2D eigenvalue weighted by Gasteiger charge is 2.49. The van der Waals surface area contributed by atoms with Crippen LogP contribution in [0.15, 0.2) is 0 Å². The molecule has 8 nitrogen and oxygen atoms in total. The Morgan fingerprint density at radius 1 is 0.931 bits per heavy atom. The third-order valence-electron chi connectivity index (χ3n) is 5.14. The fraction of sp³-hybridized carbons (Fsp3) is 0.900. The van der Waals surface area contributed by atoms with Crippen molar-refractivity contribution < 1.29 is 32.1 Å². The molecule has 0 bridgehead atoms. The average Bonchev–Trinajstić information content (AvgIpc) is 2.71. The summed E-state index contributed by atoms with van der Waals surface area (Å²) in [5.41, 5.74) is 0. The molecule has 0 aromatic heterocycles. The Morgan fingerprint density at radius 3 is 1.83 bits per heavy atom. The van der Waals surface area contributed by atoms with Crippen molar-refractivity contribution >= 4 is 22.4 Å². The van der Waals surface area contributed by atoms with Crippen LogP contribution in [0.25, 0.3) is 0 Å². The summed E-state index contributed by atoms with van der Waals surface area (Å²) in [6.07, 6.45) is 7.00. The first-order valence-corrected chi connectivity index (χ1v) is 12.2. The van der Waals surface area contributed by atoms with E-state index in [1.807, 2.05) is 13.8 Å². The molecule has 0 radical (unpaired) electrons. The van der Waals surface area contributed by atoms with Gasteiger partial charge >= 0.3 is 22.4 Å². The summed E-state index contributed by atoms with van der Waals surface area (Å²) in [6.45, 7) is 8.50. The number of hydrogen-bond acceptors (Lipinski definition) is 7. The second kappa shape index (κ2) is 15.8. The number of carbonyl (C=O) groups excluding carboxylic acids is 2. The normalized spacial score (nSPS) is 16.5. The lowest BCUT2D eigenvalue weighted by Gasteiger charge is -2.18. The van der Waals surface area contributed by atoms with E-state index in [1.54, 1.807) is 0 Å². The molecule has 0 aliphatic carbocycles. The van der Waals surface area contributed by atoms with Gasteiger partial charge in [-0.2, -0.15) is 10.4 Å². The lowest BCUT2D eigenvalue weighted by molar-refractivity contribution is -0.151. The first-order chi connectivity index (χ1) is 13.7. The third kappa shape index (κ3) is 11.7. The van der Waals surface area contributed by atoms with Gasteiger partial charge in [0.15, 0.2) is 0 Å². The maximum Gasteiger partial charge on any atom is 0.387 e. The number of hydrogen-bond donors (Lipinski definition) is 2. The fourth-order valence-corrected chi connectivity index (χ4v) is 3.68. The van der Waals surface area contributed by atoms with Gasteiger partial charge in [0, 0.05) is 0 Å². The fourth-order valence-electron chi connectivity index (χ4n) is 2.89. The van der Waals surface area contributed by atoms with Crippen molar-refractivity contribution in [1.82, 2.24) is 0 Å². The molecule has 0 amide bonds. The molecule has 0 aromatic carbocycles. The predicted molar refractivity (Wildman–Crippen MR) is 113 cm³/mol. The van der Waals surface area contributed by atoms with Crippen molar-refractivity contribution in [2.75, 3.05) is 13.2 Å². The molecular weight excluding hydrogens is 398 g/mol. The van der Waals surface area contributed by atoms with E-state index in [4.69, 9.17) is 15.4 Å². The highest BCUT2D eigenvalue weighted by molar-refractivity contribution is 7.94. The molecule has 0 saturated carbocycles. The monoisotopic (exact) mass is 438 g/mol. The van der Waals surface area contributed by atoms with E-state index >= 15 is 0 Å². The van der Waals surface area contributed by atoms with Gasteiger partial charge in [-0.3, -0.25) is 4.79 Å². The Labute approximate surface area is 176 Å². The SMILES string of the molecule is CCCCC(CC)COC(=O)CC(C(=O)OCC(CC)CCCC)[S+](=O)(O)ON. The highest BCUT2D eigenvalue weighted by Crippen LogP contribution is 2.19. The predicted octanol–water partition coefficient (Wildman–Crippen LogP) is 4.04. The van der Waals surface area contributed by atoms with E-state index in [1.165, 1.54) is 0 Å². The van der Waals surface area contributed by atoms with Crippen LogP contribution in [0.1, 0.15) is 85.5 Å². The summed E-state index contributed by atoms with van der Waals surface area (Å²) in [6, 6.07) is 0. The van der Waals surface area contributed by atoms with Crippen LogP contribution >= 0.6 is 0 Å². The standard InChI is InChI=1S/C20H39NO7S/c1-5-9-11-16(7-3)14-26-19(22)13-18(29(24,25)28-21)20(23)27-15-17(8-4)12-10-6-2/h16-18H,5-15,21H2,1-4H3/p+1. The van der Waals surface area contributed by atoms with E-state index in [2.05, 4.69) is 18.1 Å². The van der Waals surface area contributed by atoms with Crippen LogP contribution in [0.3, 0.4) is 0 Å². The van der Waals surface area contributed by atoms with Gasteiger partial charge in [0.05, 0.1) is 13.2 Å². The van der Waals surface area contributed by atoms with Gasteiger partial charge in [0.1, 0.15) is 6.42 Å². The lowest BCUT2D eigenvalue weighted by atomic mass is 10.0. The van der Waals surface area contributed by atoms with E-state index in [0.717, 1.165) is 51.4 Å². The number of rotatable bonds is 17. The molecule has 4 atom stereocenters. The van der Waals surface area contributed by atoms with E-state index in [-0.39, 0.29) is 25.0 Å². The largest absolute Gasteiger partial charge is 0.465 e. The van der Waals surface area contributed by atoms with Crippen LogP contribution in [-0.4, -0.2) is 35.0 Å². The van der Waals surface area contributed by atoms with Gasteiger partial charge in [0.25, 0.3) is 5.25 Å². The van der Waals surface area contributed by atoms with E-state index in [9.17, 15) is 18.4 Å². The summed E-state index contributed by atoms with van der Waals surface area (Å²) >= 11 is 0. The van der Waals surface area contributed by atoms with Crippen LogP contribution in [-0.2, 0) is 38.0 Å². The van der Waals surface area contributed by atoms with Crippen molar-refractivity contribution in [3.8, 4) is 0 Å². The minimum Gasteiger partial charge on any atom is -0.465 e. The number of nitrogens with two attached hydrogens (primary N) is 1. The molecular formula is C20H40NO7S+. The Hall–Kier alpha value is -1.03. The van der Waals surface area contributed by atoms with Gasteiger partial charge in [-0.1, -0.05) is 70.5 Å². The van der Waals surface area contributed by atoms with Crippen LogP contribution in [0.2, 0.25) is 0 Å². The Morgan fingerprint density at radius 2 is 1.41 bits per heavy atom. The van der Waals surface area contributed by atoms with Crippen molar-refractivity contribution in [2.24, 2.45) is 17.7 Å². The zero-order valence-corrected chi connectivity index (χ0v) is 19.2. The molecule has 0 rings (SSSR count).